The van der Waals surface area contributed by atoms with Crippen molar-refractivity contribution in [2.75, 3.05) is 6.61 Å². The summed E-state index contributed by atoms with van der Waals surface area (Å²) in [4.78, 5) is 11.0. The van der Waals surface area contributed by atoms with E-state index in [0.29, 0.717) is 18.6 Å². The minimum absolute atomic E-state index is 0.350. The van der Waals surface area contributed by atoms with E-state index < -0.39 is 5.97 Å². The fraction of sp³-hybridized carbons (Fsp3) is 0.636. The van der Waals surface area contributed by atoms with Gasteiger partial charge in [0.1, 0.15) is 0 Å². The van der Waals surface area contributed by atoms with Crippen molar-refractivity contribution in [1.29, 1.82) is 5.26 Å². The fourth-order valence-corrected chi connectivity index (χ4v) is 1.05. The molecule has 3 nitrogen and oxygen atoms in total. The van der Waals surface area contributed by atoms with Gasteiger partial charge in [0.2, 0.25) is 0 Å². The van der Waals surface area contributed by atoms with Crippen LogP contribution in [0.25, 0.3) is 0 Å². The lowest BCUT2D eigenvalue weighted by atomic mass is 10.1. The molecule has 0 bridgehead atoms. The number of rotatable bonds is 6. The molecule has 0 saturated heterocycles. The van der Waals surface area contributed by atoms with Crippen LogP contribution in [0.2, 0.25) is 0 Å². The highest BCUT2D eigenvalue weighted by atomic mass is 16.5. The third kappa shape index (κ3) is 6.24. The zero-order chi connectivity index (χ0) is 10.8. The zero-order valence-electron chi connectivity index (χ0n) is 8.88. The molecule has 0 N–H and O–H groups in total. The van der Waals surface area contributed by atoms with Gasteiger partial charge in [-0.3, -0.25) is 0 Å². The number of esters is 1. The highest BCUT2D eigenvalue weighted by Crippen LogP contribution is 2.08. The molecule has 0 aliphatic heterocycles. The molecule has 0 aromatic rings. The van der Waals surface area contributed by atoms with Gasteiger partial charge in [-0.25, -0.2) is 4.79 Å². The van der Waals surface area contributed by atoms with Crippen molar-refractivity contribution in [2.45, 2.75) is 39.5 Å². The second-order valence-corrected chi connectivity index (χ2v) is 2.99. The molecule has 0 fully saturated rings. The second kappa shape index (κ2) is 8.31. The van der Waals surface area contributed by atoms with Gasteiger partial charge in [0.25, 0.3) is 0 Å². The maximum absolute atomic E-state index is 11.0. The average Bonchev–Trinajstić information content (AvgIpc) is 2.17. The first-order valence-electron chi connectivity index (χ1n) is 5.02. The quantitative estimate of drug-likeness (QED) is 0.283. The first-order chi connectivity index (χ1) is 6.74. The van der Waals surface area contributed by atoms with E-state index in [1.165, 1.54) is 6.08 Å². The van der Waals surface area contributed by atoms with E-state index >= 15 is 0 Å². The Hall–Kier alpha value is -1.30. The molecular formula is C11H17NO2. The number of hydrogen-bond donors (Lipinski definition) is 0. The maximum atomic E-state index is 11.0. The van der Waals surface area contributed by atoms with Crippen LogP contribution in [-0.2, 0) is 9.53 Å². The molecule has 0 aliphatic carbocycles. The van der Waals surface area contributed by atoms with Gasteiger partial charge in [0.05, 0.1) is 12.7 Å². The Morgan fingerprint density at radius 2 is 2.14 bits per heavy atom. The molecule has 0 aromatic carbocycles. The lowest BCUT2D eigenvalue weighted by molar-refractivity contribution is -0.137. The Kier molecular flexibility index (Phi) is 7.53. The number of carbonyl (C=O) groups is 1. The van der Waals surface area contributed by atoms with Crippen LogP contribution in [0.5, 0.6) is 0 Å². The first kappa shape index (κ1) is 12.7. The summed E-state index contributed by atoms with van der Waals surface area (Å²) in [6.07, 6.45) is 5.11. The van der Waals surface area contributed by atoms with Gasteiger partial charge in [0, 0.05) is 11.6 Å². The summed E-state index contributed by atoms with van der Waals surface area (Å²) in [6, 6.07) is 2.01. The largest absolute Gasteiger partial charge is 0.463 e. The molecule has 0 radical (unpaired) electrons. The van der Waals surface area contributed by atoms with Gasteiger partial charge in [0.15, 0.2) is 0 Å². The smallest absolute Gasteiger partial charge is 0.331 e. The highest BCUT2D eigenvalue weighted by Gasteiger charge is 2.01. The van der Waals surface area contributed by atoms with E-state index in [1.807, 2.05) is 6.07 Å². The van der Waals surface area contributed by atoms with Gasteiger partial charge in [-0.1, -0.05) is 19.8 Å². The van der Waals surface area contributed by atoms with Crippen molar-refractivity contribution in [3.8, 4) is 6.07 Å². The lowest BCUT2D eigenvalue weighted by Gasteiger charge is -1.98. The summed E-state index contributed by atoms with van der Waals surface area (Å²) < 4.78 is 4.71. The van der Waals surface area contributed by atoms with Gasteiger partial charge >= 0.3 is 5.97 Å². The van der Waals surface area contributed by atoms with Crippen LogP contribution in [0.4, 0.5) is 0 Å². The molecule has 14 heavy (non-hydrogen) atoms. The normalized spacial score (nSPS) is 10.8. The highest BCUT2D eigenvalue weighted by molar-refractivity contribution is 5.83. The summed E-state index contributed by atoms with van der Waals surface area (Å²) in [5.41, 5.74) is 0.511. The molecular weight excluding hydrogens is 178 g/mol. The molecule has 0 heterocycles. The second-order valence-electron chi connectivity index (χ2n) is 2.99. The molecule has 0 aromatic heterocycles. The average molecular weight is 195 g/mol. The third-order valence-electron chi connectivity index (χ3n) is 1.77. The number of nitriles is 1. The van der Waals surface area contributed by atoms with E-state index in [4.69, 9.17) is 10.00 Å². The van der Waals surface area contributed by atoms with Gasteiger partial charge in [-0.05, 0) is 19.8 Å². The molecule has 0 amide bonds. The Balaban J connectivity index is 3.99. The number of hydrogen-bond acceptors (Lipinski definition) is 3. The van der Waals surface area contributed by atoms with E-state index in [1.54, 1.807) is 6.92 Å². The van der Waals surface area contributed by atoms with Crippen molar-refractivity contribution in [3.63, 3.8) is 0 Å². The van der Waals surface area contributed by atoms with Crippen molar-refractivity contribution >= 4 is 5.97 Å². The minimum atomic E-state index is -0.416. The van der Waals surface area contributed by atoms with Gasteiger partial charge < -0.3 is 4.74 Å². The third-order valence-corrected chi connectivity index (χ3v) is 1.77. The number of ether oxygens (including phenoxy) is 1. The fourth-order valence-electron chi connectivity index (χ4n) is 1.05. The molecule has 78 valence electrons. The predicted molar refractivity (Wildman–Crippen MR) is 54.5 cm³/mol. The molecule has 0 unspecified atom stereocenters. The number of carbonyl (C=O) groups excluding carboxylic acids is 1. The molecule has 0 atom stereocenters. The summed E-state index contributed by atoms with van der Waals surface area (Å²) in [5.74, 6) is -0.416. The van der Waals surface area contributed by atoms with Crippen molar-refractivity contribution in [1.82, 2.24) is 0 Å². The Morgan fingerprint density at radius 3 is 2.64 bits per heavy atom. The van der Waals surface area contributed by atoms with E-state index in [0.717, 1.165) is 19.3 Å². The van der Waals surface area contributed by atoms with Crippen LogP contribution in [0.15, 0.2) is 11.6 Å². The first-order valence-corrected chi connectivity index (χ1v) is 5.02. The Bertz CT molecular complexity index is 238. The Morgan fingerprint density at radius 1 is 1.43 bits per heavy atom. The zero-order valence-corrected chi connectivity index (χ0v) is 8.88. The van der Waals surface area contributed by atoms with Crippen LogP contribution in [0.3, 0.4) is 0 Å². The van der Waals surface area contributed by atoms with Crippen molar-refractivity contribution < 1.29 is 9.53 Å². The topological polar surface area (TPSA) is 50.1 Å². The summed E-state index contributed by atoms with van der Waals surface area (Å²) >= 11 is 0. The monoisotopic (exact) mass is 195 g/mol. The Labute approximate surface area is 85.4 Å². The van der Waals surface area contributed by atoms with Gasteiger partial charge in [-0.15, -0.1) is 0 Å². The van der Waals surface area contributed by atoms with Crippen LogP contribution >= 0.6 is 0 Å². The van der Waals surface area contributed by atoms with Crippen LogP contribution < -0.4 is 0 Å². The number of unbranched alkanes of at least 4 members (excludes halogenated alkanes) is 2. The lowest BCUT2D eigenvalue weighted by Crippen LogP contribution is -2.00. The SMILES string of the molecule is CCCCC/C(C#N)=C/C(=O)OCC. The minimum Gasteiger partial charge on any atom is -0.463 e. The molecule has 0 saturated carbocycles. The van der Waals surface area contributed by atoms with E-state index in [9.17, 15) is 4.79 Å². The van der Waals surface area contributed by atoms with Crippen LogP contribution in [0, 0.1) is 11.3 Å². The van der Waals surface area contributed by atoms with Gasteiger partial charge in [-0.2, -0.15) is 5.26 Å². The van der Waals surface area contributed by atoms with Crippen molar-refractivity contribution in [2.24, 2.45) is 0 Å². The predicted octanol–water partition coefficient (Wildman–Crippen LogP) is 2.58. The number of nitrogens with zero attached hydrogens (tertiary/aromatic N) is 1. The summed E-state index contributed by atoms with van der Waals surface area (Å²) in [6.45, 7) is 4.19. The standard InChI is InChI=1S/C11H17NO2/c1-3-5-6-7-10(9-12)8-11(13)14-4-2/h8H,3-7H2,1-2H3/b10-8-. The summed E-state index contributed by atoms with van der Waals surface area (Å²) in [7, 11) is 0. The molecule has 0 spiro atoms. The van der Waals surface area contributed by atoms with E-state index in [2.05, 4.69) is 6.92 Å². The van der Waals surface area contributed by atoms with E-state index in [-0.39, 0.29) is 0 Å². The molecule has 0 aliphatic rings. The summed E-state index contributed by atoms with van der Waals surface area (Å²) in [5, 5.41) is 8.72. The maximum Gasteiger partial charge on any atom is 0.331 e. The number of allylic oxidation sites excluding steroid dienone is 1. The molecule has 0 rings (SSSR count). The van der Waals surface area contributed by atoms with Crippen LogP contribution in [0.1, 0.15) is 39.5 Å². The molecule has 3 heteroatoms. The van der Waals surface area contributed by atoms with Crippen molar-refractivity contribution in [3.05, 3.63) is 11.6 Å². The van der Waals surface area contributed by atoms with Crippen LogP contribution in [-0.4, -0.2) is 12.6 Å².